The molecule has 2 atom stereocenters. The van der Waals surface area contributed by atoms with Gasteiger partial charge in [-0.25, -0.2) is 14.6 Å². The second-order valence-corrected chi connectivity index (χ2v) is 6.49. The van der Waals surface area contributed by atoms with Crippen LogP contribution in [0.15, 0.2) is 36.8 Å². The molecule has 6 heteroatoms. The summed E-state index contributed by atoms with van der Waals surface area (Å²) >= 11 is 0. The van der Waals surface area contributed by atoms with Crippen molar-refractivity contribution in [3.63, 3.8) is 0 Å². The van der Waals surface area contributed by atoms with Gasteiger partial charge in [-0.2, -0.15) is 5.10 Å². The smallest absolute Gasteiger partial charge is 0.168 e. The van der Waals surface area contributed by atoms with Gasteiger partial charge in [0.15, 0.2) is 5.65 Å². The van der Waals surface area contributed by atoms with E-state index in [9.17, 15) is 0 Å². The lowest BCUT2D eigenvalue weighted by Gasteiger charge is -2.36. The number of fused-ring (bicyclic) bond motifs is 1. The average molecular weight is 323 g/mol. The molecule has 1 aliphatic heterocycles. The number of morpholine rings is 1. The fourth-order valence-electron chi connectivity index (χ4n) is 3.38. The molecule has 0 N–H and O–H groups in total. The Morgan fingerprint density at radius 3 is 2.67 bits per heavy atom. The van der Waals surface area contributed by atoms with Crippen LogP contribution in [0.25, 0.3) is 16.7 Å². The summed E-state index contributed by atoms with van der Waals surface area (Å²) in [6, 6.07) is 8.25. The normalized spacial score (nSPS) is 21.4. The van der Waals surface area contributed by atoms with E-state index < -0.39 is 0 Å². The summed E-state index contributed by atoms with van der Waals surface area (Å²) in [5.41, 5.74) is 3.04. The molecule has 0 radical (unpaired) electrons. The van der Waals surface area contributed by atoms with Crippen molar-refractivity contribution < 1.29 is 4.74 Å². The number of anilines is 1. The van der Waals surface area contributed by atoms with E-state index in [0.717, 1.165) is 35.6 Å². The standard InChI is InChI=1S/C18H21N5O/c1-12-5-4-6-15(7-12)23-18-16(8-21-23)17(19-11-20-18)22-9-13(2)24-14(3)10-22/h4-8,11,13-14H,9-10H2,1-3H3/t13-,14+. The molecule has 1 fully saturated rings. The monoisotopic (exact) mass is 323 g/mol. The first-order valence-corrected chi connectivity index (χ1v) is 8.28. The van der Waals surface area contributed by atoms with Crippen LogP contribution in [-0.4, -0.2) is 45.0 Å². The molecule has 0 spiro atoms. The van der Waals surface area contributed by atoms with E-state index >= 15 is 0 Å². The highest BCUT2D eigenvalue weighted by molar-refractivity contribution is 5.87. The molecular weight excluding hydrogens is 302 g/mol. The number of hydrogen-bond donors (Lipinski definition) is 0. The van der Waals surface area contributed by atoms with Gasteiger partial charge in [-0.3, -0.25) is 0 Å². The maximum Gasteiger partial charge on any atom is 0.168 e. The highest BCUT2D eigenvalue weighted by Crippen LogP contribution is 2.27. The van der Waals surface area contributed by atoms with Crippen molar-refractivity contribution in [1.82, 2.24) is 19.7 Å². The van der Waals surface area contributed by atoms with Crippen molar-refractivity contribution in [2.75, 3.05) is 18.0 Å². The summed E-state index contributed by atoms with van der Waals surface area (Å²) < 4.78 is 7.71. The molecule has 3 heterocycles. The summed E-state index contributed by atoms with van der Waals surface area (Å²) in [6.45, 7) is 7.92. The maximum absolute atomic E-state index is 5.83. The summed E-state index contributed by atoms with van der Waals surface area (Å²) in [5, 5.41) is 5.53. The van der Waals surface area contributed by atoms with Gasteiger partial charge in [-0.15, -0.1) is 0 Å². The van der Waals surface area contributed by atoms with Crippen molar-refractivity contribution in [3.8, 4) is 5.69 Å². The predicted octanol–water partition coefficient (Wildman–Crippen LogP) is 2.74. The van der Waals surface area contributed by atoms with Crippen molar-refractivity contribution in [2.24, 2.45) is 0 Å². The molecule has 3 aromatic rings. The maximum atomic E-state index is 5.83. The number of nitrogens with zero attached hydrogens (tertiary/aromatic N) is 5. The molecule has 1 saturated heterocycles. The minimum atomic E-state index is 0.186. The minimum Gasteiger partial charge on any atom is -0.372 e. The molecule has 0 saturated carbocycles. The SMILES string of the molecule is Cc1cccc(-n2ncc3c(N4C[C@@H](C)O[C@@H](C)C4)ncnc32)c1. The molecule has 1 aliphatic rings. The second kappa shape index (κ2) is 5.87. The number of rotatable bonds is 2. The molecule has 2 aromatic heterocycles. The molecular formula is C18H21N5O. The van der Waals surface area contributed by atoms with E-state index in [1.54, 1.807) is 6.33 Å². The van der Waals surface area contributed by atoms with Crippen LogP contribution in [0, 0.1) is 6.92 Å². The van der Waals surface area contributed by atoms with Crippen molar-refractivity contribution >= 4 is 16.9 Å². The van der Waals surface area contributed by atoms with Crippen LogP contribution in [0.1, 0.15) is 19.4 Å². The van der Waals surface area contributed by atoms with E-state index in [-0.39, 0.29) is 12.2 Å². The number of aromatic nitrogens is 4. The number of hydrogen-bond acceptors (Lipinski definition) is 5. The van der Waals surface area contributed by atoms with Crippen molar-refractivity contribution in [2.45, 2.75) is 33.0 Å². The molecule has 6 nitrogen and oxygen atoms in total. The van der Waals surface area contributed by atoms with E-state index in [4.69, 9.17) is 4.74 Å². The third kappa shape index (κ3) is 2.63. The third-order valence-electron chi connectivity index (χ3n) is 4.31. The summed E-state index contributed by atoms with van der Waals surface area (Å²) in [7, 11) is 0. The number of aryl methyl sites for hydroxylation is 1. The van der Waals surface area contributed by atoms with Crippen LogP contribution in [0.2, 0.25) is 0 Å². The van der Waals surface area contributed by atoms with Crippen LogP contribution in [0.4, 0.5) is 5.82 Å². The zero-order chi connectivity index (χ0) is 16.7. The summed E-state index contributed by atoms with van der Waals surface area (Å²) in [5.74, 6) is 0.931. The van der Waals surface area contributed by atoms with Gasteiger partial charge in [0.2, 0.25) is 0 Å². The summed E-state index contributed by atoms with van der Waals surface area (Å²) in [6.07, 6.45) is 3.85. The Kier molecular flexibility index (Phi) is 3.69. The molecule has 124 valence electrons. The predicted molar refractivity (Wildman–Crippen MR) is 93.6 cm³/mol. The fraction of sp³-hybridized carbons (Fsp3) is 0.389. The highest BCUT2D eigenvalue weighted by Gasteiger charge is 2.25. The molecule has 1 aromatic carbocycles. The van der Waals surface area contributed by atoms with E-state index in [2.05, 4.69) is 52.9 Å². The Labute approximate surface area is 141 Å². The van der Waals surface area contributed by atoms with Gasteiger partial charge in [-0.1, -0.05) is 12.1 Å². The third-order valence-corrected chi connectivity index (χ3v) is 4.31. The van der Waals surface area contributed by atoms with Gasteiger partial charge in [-0.05, 0) is 38.5 Å². The van der Waals surface area contributed by atoms with Crippen LogP contribution < -0.4 is 4.90 Å². The van der Waals surface area contributed by atoms with E-state index in [1.807, 2.05) is 23.0 Å². The molecule has 0 aliphatic carbocycles. The van der Waals surface area contributed by atoms with Gasteiger partial charge in [0.05, 0.1) is 29.5 Å². The lowest BCUT2D eigenvalue weighted by Crippen LogP contribution is -2.45. The average Bonchev–Trinajstić information content (AvgIpc) is 2.98. The van der Waals surface area contributed by atoms with Gasteiger partial charge in [0.1, 0.15) is 12.1 Å². The highest BCUT2D eigenvalue weighted by atomic mass is 16.5. The topological polar surface area (TPSA) is 56.1 Å². The number of ether oxygens (including phenoxy) is 1. The first kappa shape index (κ1) is 15.1. The van der Waals surface area contributed by atoms with Crippen molar-refractivity contribution in [3.05, 3.63) is 42.4 Å². The molecule has 24 heavy (non-hydrogen) atoms. The molecule has 0 unspecified atom stereocenters. The summed E-state index contributed by atoms with van der Waals surface area (Å²) in [4.78, 5) is 11.3. The van der Waals surface area contributed by atoms with Crippen LogP contribution >= 0.6 is 0 Å². The van der Waals surface area contributed by atoms with Crippen LogP contribution in [0.3, 0.4) is 0 Å². The van der Waals surface area contributed by atoms with E-state index in [1.165, 1.54) is 5.56 Å². The Morgan fingerprint density at radius 2 is 1.92 bits per heavy atom. The Balaban J connectivity index is 1.79. The quantitative estimate of drug-likeness (QED) is 0.726. The zero-order valence-electron chi connectivity index (χ0n) is 14.2. The van der Waals surface area contributed by atoms with Gasteiger partial charge in [0, 0.05) is 13.1 Å². The molecule has 0 amide bonds. The zero-order valence-corrected chi connectivity index (χ0v) is 14.2. The van der Waals surface area contributed by atoms with Gasteiger partial charge in [0.25, 0.3) is 0 Å². The van der Waals surface area contributed by atoms with Gasteiger partial charge >= 0.3 is 0 Å². The lowest BCUT2D eigenvalue weighted by molar-refractivity contribution is -0.00537. The van der Waals surface area contributed by atoms with Crippen molar-refractivity contribution in [1.29, 1.82) is 0 Å². The van der Waals surface area contributed by atoms with Crippen LogP contribution in [-0.2, 0) is 4.74 Å². The molecule has 4 rings (SSSR count). The first-order valence-electron chi connectivity index (χ1n) is 8.28. The first-order chi connectivity index (χ1) is 11.6. The number of benzene rings is 1. The molecule has 0 bridgehead atoms. The largest absolute Gasteiger partial charge is 0.372 e. The second-order valence-electron chi connectivity index (χ2n) is 6.49. The van der Waals surface area contributed by atoms with E-state index in [0.29, 0.717) is 0 Å². The van der Waals surface area contributed by atoms with Gasteiger partial charge < -0.3 is 9.64 Å². The Bertz CT molecular complexity index is 865. The minimum absolute atomic E-state index is 0.186. The fourth-order valence-corrected chi connectivity index (χ4v) is 3.38. The Morgan fingerprint density at radius 1 is 1.12 bits per heavy atom. The lowest BCUT2D eigenvalue weighted by atomic mass is 10.2. The Hall–Kier alpha value is -2.47. The van der Waals surface area contributed by atoms with Crippen LogP contribution in [0.5, 0.6) is 0 Å².